The Kier molecular flexibility index (Phi) is 2.95. The third kappa shape index (κ3) is 1.87. The van der Waals surface area contributed by atoms with Gasteiger partial charge in [0.15, 0.2) is 5.72 Å². The fourth-order valence-corrected chi connectivity index (χ4v) is 3.05. The molecule has 0 spiro atoms. The second-order valence-electron chi connectivity index (χ2n) is 3.41. The van der Waals surface area contributed by atoms with Crippen molar-refractivity contribution in [3.63, 3.8) is 0 Å². The molecule has 80 valence electrons. The van der Waals surface area contributed by atoms with E-state index in [4.69, 9.17) is 12.2 Å². The maximum atomic E-state index is 10.4. The molecule has 1 atom stereocenters. The van der Waals surface area contributed by atoms with Crippen LogP contribution in [0.25, 0.3) is 0 Å². The standard InChI is InChI=1S/C10H12N2OS2/c1-2-10(13)7-15-9(14)12(10)8-5-3-4-6-11-8/h3-6,13H,2,7H2,1H3. The van der Waals surface area contributed by atoms with Gasteiger partial charge in [0.1, 0.15) is 10.1 Å². The molecule has 2 heterocycles. The van der Waals surface area contributed by atoms with E-state index in [1.807, 2.05) is 25.1 Å². The number of rotatable bonds is 2. The van der Waals surface area contributed by atoms with Gasteiger partial charge in [0.05, 0.1) is 0 Å². The Balaban J connectivity index is 2.38. The fraction of sp³-hybridized carbons (Fsp3) is 0.400. The SMILES string of the molecule is CCC1(O)CSC(=S)N1c1ccccn1. The topological polar surface area (TPSA) is 36.4 Å². The maximum absolute atomic E-state index is 10.4. The van der Waals surface area contributed by atoms with Crippen LogP contribution in [-0.2, 0) is 0 Å². The fourth-order valence-electron chi connectivity index (χ4n) is 1.53. The van der Waals surface area contributed by atoms with Gasteiger partial charge in [-0.3, -0.25) is 4.90 Å². The highest BCUT2D eigenvalue weighted by molar-refractivity contribution is 8.23. The van der Waals surface area contributed by atoms with E-state index in [0.717, 1.165) is 5.82 Å². The lowest BCUT2D eigenvalue weighted by atomic mass is 10.1. The Morgan fingerprint density at radius 1 is 1.67 bits per heavy atom. The van der Waals surface area contributed by atoms with Gasteiger partial charge in [-0.25, -0.2) is 4.98 Å². The van der Waals surface area contributed by atoms with Gasteiger partial charge in [0.2, 0.25) is 0 Å². The first kappa shape index (κ1) is 10.9. The number of anilines is 1. The molecule has 1 unspecified atom stereocenters. The van der Waals surface area contributed by atoms with Gasteiger partial charge >= 0.3 is 0 Å². The number of aliphatic hydroxyl groups is 1. The van der Waals surface area contributed by atoms with Crippen LogP contribution in [0.4, 0.5) is 5.82 Å². The van der Waals surface area contributed by atoms with Gasteiger partial charge in [0.25, 0.3) is 0 Å². The minimum absolute atomic E-state index is 0.610. The highest BCUT2D eigenvalue weighted by Gasteiger charge is 2.42. The molecule has 15 heavy (non-hydrogen) atoms. The van der Waals surface area contributed by atoms with Crippen molar-refractivity contribution in [1.29, 1.82) is 0 Å². The van der Waals surface area contributed by atoms with E-state index in [-0.39, 0.29) is 0 Å². The molecule has 0 bridgehead atoms. The Morgan fingerprint density at radius 2 is 2.47 bits per heavy atom. The predicted octanol–water partition coefficient (Wildman–Crippen LogP) is 2.02. The van der Waals surface area contributed by atoms with E-state index in [9.17, 15) is 5.11 Å². The molecular formula is C10H12N2OS2. The summed E-state index contributed by atoms with van der Waals surface area (Å²) in [4.78, 5) is 5.96. The molecule has 0 saturated carbocycles. The number of hydrogen-bond donors (Lipinski definition) is 1. The lowest BCUT2D eigenvalue weighted by Crippen LogP contribution is -2.47. The lowest BCUT2D eigenvalue weighted by Gasteiger charge is -2.31. The molecule has 0 aliphatic carbocycles. The van der Waals surface area contributed by atoms with Gasteiger partial charge in [-0.05, 0) is 18.6 Å². The number of thioether (sulfide) groups is 1. The summed E-state index contributed by atoms with van der Waals surface area (Å²) in [5.74, 6) is 1.33. The van der Waals surface area contributed by atoms with Crippen LogP contribution in [0.3, 0.4) is 0 Å². The molecule has 0 amide bonds. The van der Waals surface area contributed by atoms with Crippen molar-refractivity contribution in [2.75, 3.05) is 10.7 Å². The minimum Gasteiger partial charge on any atom is -0.370 e. The molecule has 1 fully saturated rings. The normalized spacial score (nSPS) is 26.0. The number of nitrogens with zero attached hydrogens (tertiary/aromatic N) is 2. The molecule has 5 heteroatoms. The molecule has 2 rings (SSSR count). The van der Waals surface area contributed by atoms with E-state index in [0.29, 0.717) is 16.5 Å². The number of aromatic nitrogens is 1. The number of thiocarbonyl (C=S) groups is 1. The molecule has 3 nitrogen and oxygen atoms in total. The Labute approximate surface area is 98.5 Å². The summed E-state index contributed by atoms with van der Waals surface area (Å²) in [5, 5.41) is 10.4. The van der Waals surface area contributed by atoms with Crippen LogP contribution < -0.4 is 4.90 Å². The number of hydrogen-bond acceptors (Lipinski definition) is 4. The van der Waals surface area contributed by atoms with Crippen LogP contribution >= 0.6 is 24.0 Å². The molecule has 0 radical (unpaired) electrons. The van der Waals surface area contributed by atoms with E-state index in [2.05, 4.69) is 4.98 Å². The van der Waals surface area contributed by atoms with Gasteiger partial charge in [-0.15, -0.1) is 0 Å². The summed E-state index contributed by atoms with van der Waals surface area (Å²) in [6, 6.07) is 5.60. The maximum Gasteiger partial charge on any atom is 0.153 e. The molecule has 1 aliphatic heterocycles. The quantitative estimate of drug-likeness (QED) is 0.800. The monoisotopic (exact) mass is 240 g/mol. The second-order valence-corrected chi connectivity index (χ2v) is 5.02. The summed E-state index contributed by atoms with van der Waals surface area (Å²) >= 11 is 6.73. The summed E-state index contributed by atoms with van der Waals surface area (Å²) in [5.41, 5.74) is -0.879. The van der Waals surface area contributed by atoms with Crippen molar-refractivity contribution in [3.8, 4) is 0 Å². The summed E-state index contributed by atoms with van der Waals surface area (Å²) in [6.07, 6.45) is 2.34. The Morgan fingerprint density at radius 3 is 3.07 bits per heavy atom. The van der Waals surface area contributed by atoms with Crippen molar-refractivity contribution >= 4 is 34.1 Å². The van der Waals surface area contributed by atoms with E-state index in [1.165, 1.54) is 11.8 Å². The average molecular weight is 240 g/mol. The van der Waals surface area contributed by atoms with Crippen molar-refractivity contribution in [2.24, 2.45) is 0 Å². The lowest BCUT2D eigenvalue weighted by molar-refractivity contribution is 0.0745. The molecule has 1 saturated heterocycles. The smallest absolute Gasteiger partial charge is 0.153 e. The van der Waals surface area contributed by atoms with Gasteiger partial charge in [-0.1, -0.05) is 37.0 Å². The first-order chi connectivity index (χ1) is 7.17. The molecule has 0 aromatic carbocycles. The molecule has 1 aromatic rings. The van der Waals surface area contributed by atoms with Gasteiger partial charge in [-0.2, -0.15) is 0 Å². The zero-order chi connectivity index (χ0) is 10.9. The van der Waals surface area contributed by atoms with E-state index >= 15 is 0 Å². The molecule has 1 N–H and O–H groups in total. The average Bonchev–Trinajstić information content (AvgIpc) is 2.57. The van der Waals surface area contributed by atoms with E-state index in [1.54, 1.807) is 11.1 Å². The minimum atomic E-state index is -0.879. The molecular weight excluding hydrogens is 228 g/mol. The summed E-state index contributed by atoms with van der Waals surface area (Å²) in [6.45, 7) is 1.95. The van der Waals surface area contributed by atoms with Crippen LogP contribution in [0.15, 0.2) is 24.4 Å². The van der Waals surface area contributed by atoms with Crippen LogP contribution in [0.1, 0.15) is 13.3 Å². The van der Waals surface area contributed by atoms with Gasteiger partial charge in [0, 0.05) is 11.9 Å². The molecule has 1 aromatic heterocycles. The highest BCUT2D eigenvalue weighted by Crippen LogP contribution is 2.36. The Hall–Kier alpha value is -0.650. The van der Waals surface area contributed by atoms with Crippen molar-refractivity contribution in [1.82, 2.24) is 4.98 Å². The highest BCUT2D eigenvalue weighted by atomic mass is 32.2. The predicted molar refractivity (Wildman–Crippen MR) is 67.0 cm³/mol. The zero-order valence-corrected chi connectivity index (χ0v) is 10.0. The van der Waals surface area contributed by atoms with Gasteiger partial charge < -0.3 is 5.11 Å². The van der Waals surface area contributed by atoms with Crippen LogP contribution in [0, 0.1) is 0 Å². The molecule has 1 aliphatic rings. The Bertz CT molecular complexity index is 371. The van der Waals surface area contributed by atoms with Crippen LogP contribution in [0.2, 0.25) is 0 Å². The zero-order valence-electron chi connectivity index (χ0n) is 8.38. The van der Waals surface area contributed by atoms with Crippen LogP contribution in [-0.4, -0.2) is 25.9 Å². The van der Waals surface area contributed by atoms with Crippen molar-refractivity contribution < 1.29 is 5.11 Å². The largest absolute Gasteiger partial charge is 0.370 e. The summed E-state index contributed by atoms with van der Waals surface area (Å²) < 4.78 is 0.693. The first-order valence-electron chi connectivity index (χ1n) is 4.78. The summed E-state index contributed by atoms with van der Waals surface area (Å²) in [7, 11) is 0. The second kappa shape index (κ2) is 4.08. The third-order valence-corrected chi connectivity index (χ3v) is 4.04. The third-order valence-electron chi connectivity index (χ3n) is 2.47. The van der Waals surface area contributed by atoms with Crippen LogP contribution in [0.5, 0.6) is 0 Å². The van der Waals surface area contributed by atoms with E-state index < -0.39 is 5.72 Å². The van der Waals surface area contributed by atoms with Crippen molar-refractivity contribution in [3.05, 3.63) is 24.4 Å². The first-order valence-corrected chi connectivity index (χ1v) is 6.17. The van der Waals surface area contributed by atoms with Crippen molar-refractivity contribution in [2.45, 2.75) is 19.1 Å². The number of pyridine rings is 1.